The summed E-state index contributed by atoms with van der Waals surface area (Å²) >= 11 is -4.86. The summed E-state index contributed by atoms with van der Waals surface area (Å²) in [4.78, 5) is 0. The maximum atomic E-state index is 11.1. The van der Waals surface area contributed by atoms with E-state index < -0.39 is 14.2 Å². The van der Waals surface area contributed by atoms with Crippen molar-refractivity contribution in [3.63, 3.8) is 0 Å². The molecular weight excluding hydrogens is 353 g/mol. The number of hydrogen-bond donors (Lipinski definition) is 5. The van der Waals surface area contributed by atoms with Crippen molar-refractivity contribution in [3.8, 4) is 5.75 Å². The summed E-state index contributed by atoms with van der Waals surface area (Å²) in [7, 11) is 1.00. The molecule has 0 heterocycles. The Kier molecular flexibility index (Phi) is 6.33. The van der Waals surface area contributed by atoms with Gasteiger partial charge in [-0.1, -0.05) is 0 Å². The first-order valence-electron chi connectivity index (χ1n) is 5.97. The van der Waals surface area contributed by atoms with Crippen LogP contribution >= 0.6 is 0 Å². The third kappa shape index (κ3) is 5.01. The van der Waals surface area contributed by atoms with Crippen LogP contribution in [-0.2, 0) is 3.74 Å². The van der Waals surface area contributed by atoms with Crippen molar-refractivity contribution in [2.75, 3.05) is 12.8 Å². The molecule has 0 aliphatic carbocycles. The molecule has 0 saturated carbocycles. The van der Waals surface area contributed by atoms with Gasteiger partial charge in [0.25, 0.3) is 0 Å². The third-order valence-corrected chi connectivity index (χ3v) is 4.52. The zero-order valence-electron chi connectivity index (χ0n) is 11.7. The number of aliphatic hydroxyl groups is 1. The second kappa shape index (κ2) is 7.76. The van der Waals surface area contributed by atoms with E-state index in [2.05, 4.69) is 10.2 Å². The van der Waals surface area contributed by atoms with E-state index in [0.717, 1.165) is 7.11 Å². The number of nitrogens with zero attached hydrogens (tertiary/aromatic N) is 2. The predicted octanol–water partition coefficient (Wildman–Crippen LogP) is 0.559. The predicted molar refractivity (Wildman–Crippen MR) is 81.8 cm³/mol. The summed E-state index contributed by atoms with van der Waals surface area (Å²) in [5.74, 6) is -0.0304. The number of anilines is 1. The normalized spacial score (nSPS) is 11.1. The van der Waals surface area contributed by atoms with Gasteiger partial charge in [-0.25, -0.2) is 0 Å². The quantitative estimate of drug-likeness (QED) is 0.231. The summed E-state index contributed by atoms with van der Waals surface area (Å²) in [5, 5.41) is 24.1. The molecule has 0 aromatic heterocycles. The SMILES string of the molecule is CO.Nc1cc(N=Nc2ccc([As](=O)(O)O)cc2)ccc1O. The van der Waals surface area contributed by atoms with Crippen LogP contribution in [-0.4, -0.2) is 39.7 Å². The van der Waals surface area contributed by atoms with Crippen LogP contribution in [0.1, 0.15) is 0 Å². The minimum absolute atomic E-state index is 0.0176. The zero-order valence-corrected chi connectivity index (χ0v) is 13.5. The molecule has 0 spiro atoms. The monoisotopic (exact) mass is 369 g/mol. The first-order valence-corrected chi connectivity index (χ1v) is 9.36. The van der Waals surface area contributed by atoms with Crippen LogP contribution in [0.3, 0.4) is 0 Å². The number of nitrogens with two attached hydrogens (primary N) is 1. The fourth-order valence-electron chi connectivity index (χ4n) is 1.43. The summed E-state index contributed by atoms with van der Waals surface area (Å²) in [6.45, 7) is 0. The van der Waals surface area contributed by atoms with Crippen molar-refractivity contribution in [1.29, 1.82) is 0 Å². The zero-order chi connectivity index (χ0) is 16.8. The number of hydrogen-bond acceptors (Lipinski definition) is 6. The topological polar surface area (TPSA) is 149 Å². The number of azo groups is 1. The van der Waals surface area contributed by atoms with Crippen LogP contribution in [0, 0.1) is 0 Å². The molecule has 0 saturated heterocycles. The van der Waals surface area contributed by atoms with Crippen molar-refractivity contribution in [2.24, 2.45) is 10.2 Å². The molecule has 0 radical (unpaired) electrons. The molecule has 2 aromatic rings. The van der Waals surface area contributed by atoms with E-state index in [9.17, 15) is 8.85 Å². The van der Waals surface area contributed by atoms with E-state index in [1.54, 1.807) is 6.07 Å². The van der Waals surface area contributed by atoms with E-state index in [0.29, 0.717) is 11.4 Å². The van der Waals surface area contributed by atoms with Crippen LogP contribution in [0.15, 0.2) is 52.7 Å². The fraction of sp³-hybridized carbons (Fsp3) is 0.0769. The molecule has 118 valence electrons. The summed E-state index contributed by atoms with van der Waals surface area (Å²) in [5.41, 5.74) is 6.63. The summed E-state index contributed by atoms with van der Waals surface area (Å²) in [6.07, 6.45) is 0. The Bertz CT molecular complexity index is 697. The van der Waals surface area contributed by atoms with Gasteiger partial charge < -0.3 is 5.11 Å². The molecule has 8 nitrogen and oxygen atoms in total. The van der Waals surface area contributed by atoms with Gasteiger partial charge in [-0.05, 0) is 0 Å². The molecule has 6 N–H and O–H groups in total. The molecule has 0 fully saturated rings. The Hall–Kier alpha value is -2.12. The average molecular weight is 369 g/mol. The van der Waals surface area contributed by atoms with Gasteiger partial charge in [-0.2, -0.15) is 0 Å². The van der Waals surface area contributed by atoms with E-state index >= 15 is 0 Å². The van der Waals surface area contributed by atoms with Crippen molar-refractivity contribution in [1.82, 2.24) is 0 Å². The molecule has 2 rings (SSSR count). The number of phenolic OH excluding ortho intramolecular Hbond substituents is 1. The van der Waals surface area contributed by atoms with Gasteiger partial charge >= 0.3 is 117 Å². The van der Waals surface area contributed by atoms with Crippen LogP contribution in [0.4, 0.5) is 17.1 Å². The van der Waals surface area contributed by atoms with Crippen LogP contribution in [0.2, 0.25) is 0 Å². The Morgan fingerprint density at radius 3 is 1.95 bits per heavy atom. The standard InChI is InChI=1S/C12H12AsN3O4.CH4O/c14-11-7-10(5-6-12(11)17)16-15-9-3-1-8(2-4-9)13(18,19)20;1-2/h1-7,17H,14H2,(H2,18,19,20);2H,1H3. The van der Waals surface area contributed by atoms with Gasteiger partial charge in [0, 0.05) is 7.11 Å². The third-order valence-electron chi connectivity index (χ3n) is 2.48. The number of benzene rings is 2. The van der Waals surface area contributed by atoms with Gasteiger partial charge in [0.1, 0.15) is 0 Å². The van der Waals surface area contributed by atoms with Crippen molar-refractivity contribution >= 4 is 35.6 Å². The average Bonchev–Trinajstić information content (AvgIpc) is 2.50. The molecule has 2 aromatic carbocycles. The number of phenols is 1. The van der Waals surface area contributed by atoms with Crippen molar-refractivity contribution in [3.05, 3.63) is 42.5 Å². The van der Waals surface area contributed by atoms with E-state index in [1.165, 1.54) is 36.4 Å². The molecule has 22 heavy (non-hydrogen) atoms. The second-order valence-electron chi connectivity index (χ2n) is 4.00. The first-order chi connectivity index (χ1) is 10.4. The minimum atomic E-state index is -4.86. The van der Waals surface area contributed by atoms with Crippen LogP contribution in [0.25, 0.3) is 0 Å². The van der Waals surface area contributed by atoms with Crippen molar-refractivity contribution < 1.29 is 22.1 Å². The second-order valence-corrected chi connectivity index (χ2v) is 7.37. The number of aliphatic hydroxyl groups excluding tert-OH is 1. The molecule has 0 amide bonds. The van der Waals surface area contributed by atoms with Crippen molar-refractivity contribution in [2.45, 2.75) is 0 Å². The molecular formula is C13H16AsN3O5. The Morgan fingerprint density at radius 1 is 0.955 bits per heavy atom. The summed E-state index contributed by atoms with van der Waals surface area (Å²) < 4.78 is 29.1. The Morgan fingerprint density at radius 2 is 1.45 bits per heavy atom. The van der Waals surface area contributed by atoms with Crippen LogP contribution in [0.5, 0.6) is 5.75 Å². The molecule has 0 aliphatic heterocycles. The number of nitrogen functional groups attached to an aromatic ring is 1. The van der Waals surface area contributed by atoms with E-state index in [4.69, 9.17) is 19.0 Å². The Labute approximate surface area is 129 Å². The molecule has 0 unspecified atom stereocenters. The maximum absolute atomic E-state index is 11.1. The van der Waals surface area contributed by atoms with E-state index in [1.807, 2.05) is 0 Å². The fourth-order valence-corrected chi connectivity index (χ4v) is 2.56. The molecule has 0 aliphatic rings. The number of aromatic hydroxyl groups is 1. The van der Waals surface area contributed by atoms with Gasteiger partial charge in [-0.15, -0.1) is 0 Å². The Balaban J connectivity index is 0.00000116. The van der Waals surface area contributed by atoms with Gasteiger partial charge in [-0.3, -0.25) is 0 Å². The van der Waals surface area contributed by atoms with E-state index in [-0.39, 0.29) is 15.8 Å². The van der Waals surface area contributed by atoms with Crippen LogP contribution < -0.4 is 10.1 Å². The van der Waals surface area contributed by atoms with Gasteiger partial charge in [0.15, 0.2) is 0 Å². The molecule has 0 bridgehead atoms. The summed E-state index contributed by atoms with van der Waals surface area (Å²) in [6, 6.07) is 9.97. The molecule has 0 atom stereocenters. The van der Waals surface area contributed by atoms with Gasteiger partial charge in [0.05, 0.1) is 0 Å². The molecule has 9 heteroatoms. The number of rotatable bonds is 3. The first kappa shape index (κ1) is 17.9. The van der Waals surface area contributed by atoms with Gasteiger partial charge in [0.2, 0.25) is 0 Å².